The molecule has 9 aromatic rings. The highest BCUT2D eigenvalue weighted by Gasteiger charge is 2.36. The summed E-state index contributed by atoms with van der Waals surface area (Å²) >= 11 is 5.46. The van der Waals surface area contributed by atoms with Crippen molar-refractivity contribution in [2.75, 3.05) is 89.0 Å². The maximum atomic E-state index is 13.1. The first-order chi connectivity index (χ1) is 54.7. The summed E-state index contributed by atoms with van der Waals surface area (Å²) in [4.78, 5) is 69.5. The standard InChI is InChI=1S/C30H31N3O6.C30H33N3O4.C29H31N3O3S/c1-36-25-11-9-19(13-28(25)39-24-7-2-3-8-24)20-14-29(34)33(17-20)23-6-4-5-21(15-23)31-30(35)32-22-10-12-26-27(16-22)38-18-37-26;1-36-27-15-14-22(16-28(27)37-26-12-5-6-13-26)23-17-29(34)33(20-23)25-11-7-10-24(18-25)32-30(35)31-19-21-8-3-2-4-9-21;1-34-26-15-14-20(16-27(26)35-25-12-5-6-13-25)21-17-28(33)32(19-21)24-11-7-10-23(18-24)31-29(36)30-22-8-3-2-4-9-22/h4-6,9-13,15-16,20,24H,2-3,7-8,14,17-18H2,1H3,(H2,31,32,35);2-4,7-11,14-16,18,23,26H,5-6,12-13,17,19-20H2,1H3,(H2,31,32,35);2-4,7-11,14-16,18,21,25H,5-6,12-13,17,19H2,1H3,(H2,30,31,36). The fourth-order valence-electron chi connectivity index (χ4n) is 15.5. The highest BCUT2D eigenvalue weighted by Crippen LogP contribution is 2.43. The maximum Gasteiger partial charge on any atom is 0.323 e. The summed E-state index contributed by atoms with van der Waals surface area (Å²) < 4.78 is 46.1. The van der Waals surface area contributed by atoms with Gasteiger partial charge in [0.05, 0.1) is 39.6 Å². The van der Waals surface area contributed by atoms with Crippen molar-refractivity contribution < 1.29 is 61.9 Å². The van der Waals surface area contributed by atoms with Crippen LogP contribution in [0.15, 0.2) is 206 Å². The van der Waals surface area contributed by atoms with Crippen molar-refractivity contribution in [3.63, 3.8) is 0 Å². The summed E-state index contributed by atoms with van der Waals surface area (Å²) in [7, 11) is 4.97. The van der Waals surface area contributed by atoms with Crippen LogP contribution < -0.4 is 84.5 Å². The molecule has 6 N–H and O–H groups in total. The van der Waals surface area contributed by atoms with E-state index in [1.807, 2.05) is 181 Å². The second-order valence-electron chi connectivity index (χ2n) is 29.1. The number of fused-ring (bicyclic) bond motifs is 1. The number of nitrogens with one attached hydrogen (secondary N) is 6. The molecule has 0 spiro atoms. The third kappa shape index (κ3) is 19.8. The Kier molecular flexibility index (Phi) is 25.2. The Bertz CT molecular complexity index is 4800. The van der Waals surface area contributed by atoms with Crippen molar-refractivity contribution in [2.45, 2.75) is 139 Å². The molecule has 0 bridgehead atoms. The number of nitrogens with zero attached hydrogens (tertiary/aromatic N) is 3. The summed E-state index contributed by atoms with van der Waals surface area (Å²) in [6.07, 6.45) is 15.6. The first kappa shape index (κ1) is 76.8. The lowest BCUT2D eigenvalue weighted by Gasteiger charge is -2.20. The minimum atomic E-state index is -0.398. The number of carbonyl (C=O) groups is 5. The largest absolute Gasteiger partial charge is 0.493 e. The van der Waals surface area contributed by atoms with E-state index in [9.17, 15) is 24.0 Å². The van der Waals surface area contributed by atoms with E-state index in [0.29, 0.717) is 84.9 Å². The molecule has 3 saturated heterocycles. The zero-order valence-electron chi connectivity index (χ0n) is 63.3. The van der Waals surface area contributed by atoms with Gasteiger partial charge >= 0.3 is 12.1 Å². The Labute approximate surface area is 658 Å². The molecule has 23 heteroatoms. The number of thiocarbonyl (C=S) groups is 1. The van der Waals surface area contributed by atoms with Crippen LogP contribution in [0.2, 0.25) is 0 Å². The van der Waals surface area contributed by atoms with E-state index in [1.165, 1.54) is 38.5 Å². The zero-order valence-corrected chi connectivity index (χ0v) is 64.1. The van der Waals surface area contributed by atoms with Crippen LogP contribution in [0.5, 0.6) is 46.0 Å². The molecular formula is C89H95N9O13S. The monoisotopic (exact) mass is 1530 g/mol. The van der Waals surface area contributed by atoms with Gasteiger partial charge in [0.15, 0.2) is 51.1 Å². The number of urea groups is 2. The van der Waals surface area contributed by atoms with Crippen LogP contribution in [-0.4, -0.2) is 101 Å². The van der Waals surface area contributed by atoms with E-state index in [4.69, 9.17) is 50.1 Å². The van der Waals surface area contributed by atoms with Gasteiger partial charge in [-0.15, -0.1) is 0 Å². The van der Waals surface area contributed by atoms with Gasteiger partial charge in [-0.1, -0.05) is 84.9 Å². The third-order valence-electron chi connectivity index (χ3n) is 21.3. The second-order valence-corrected chi connectivity index (χ2v) is 29.5. The fourth-order valence-corrected chi connectivity index (χ4v) is 15.7. The fraction of sp³-hybridized carbons (Fsp3) is 0.326. The average molecular weight is 1530 g/mol. The van der Waals surface area contributed by atoms with Gasteiger partial charge < -0.3 is 84.5 Å². The number of hydrogen-bond donors (Lipinski definition) is 6. The van der Waals surface area contributed by atoms with Crippen LogP contribution in [0.4, 0.5) is 55.1 Å². The van der Waals surface area contributed by atoms with Gasteiger partial charge in [0.1, 0.15) is 0 Å². The molecule has 0 radical (unpaired) electrons. The molecule has 0 aromatic heterocycles. The maximum absolute atomic E-state index is 13.1. The van der Waals surface area contributed by atoms with Gasteiger partial charge in [0.25, 0.3) is 0 Å². The first-order valence-corrected chi connectivity index (χ1v) is 39.1. The summed E-state index contributed by atoms with van der Waals surface area (Å²) in [5.41, 5.74) is 10.1. The smallest absolute Gasteiger partial charge is 0.323 e. The lowest BCUT2D eigenvalue weighted by molar-refractivity contribution is -0.118. The minimum absolute atomic E-state index is 0.0280. The highest BCUT2D eigenvalue weighted by molar-refractivity contribution is 7.80. The predicted octanol–water partition coefficient (Wildman–Crippen LogP) is 18.1. The number of benzene rings is 9. The van der Waals surface area contributed by atoms with Gasteiger partial charge in [-0.25, -0.2) is 9.59 Å². The molecule has 580 valence electrons. The molecule has 3 saturated carbocycles. The molecule has 3 aliphatic carbocycles. The van der Waals surface area contributed by atoms with E-state index in [1.54, 1.807) is 55.4 Å². The number of ether oxygens (including phenoxy) is 8. The molecule has 7 aliphatic rings. The van der Waals surface area contributed by atoms with Crippen molar-refractivity contribution in [1.29, 1.82) is 0 Å². The van der Waals surface area contributed by atoms with Crippen LogP contribution in [0.3, 0.4) is 0 Å². The molecule has 3 unspecified atom stereocenters. The van der Waals surface area contributed by atoms with E-state index in [0.717, 1.165) is 118 Å². The molecule has 9 aromatic carbocycles. The Hall–Kier alpha value is -12.0. The van der Waals surface area contributed by atoms with Gasteiger partial charge in [-0.2, -0.15) is 0 Å². The quantitative estimate of drug-likeness (QED) is 0.0346. The molecule has 3 atom stereocenters. The summed E-state index contributed by atoms with van der Waals surface area (Å²) in [6, 6.07) is 64.6. The molecular weight excluding hydrogens is 1440 g/mol. The summed E-state index contributed by atoms with van der Waals surface area (Å²) in [5.74, 6) is 6.06. The number of methoxy groups -OCH3 is 3. The van der Waals surface area contributed by atoms with Crippen LogP contribution >= 0.6 is 12.2 Å². The minimum Gasteiger partial charge on any atom is -0.493 e. The van der Waals surface area contributed by atoms with Crippen molar-refractivity contribution in [3.05, 3.63) is 229 Å². The SMILES string of the molecule is COc1ccc(C2CC(=O)N(c3cccc(NC(=O)NCc4ccccc4)c3)C2)cc1OC1CCCC1.COc1ccc(C2CC(=O)N(c3cccc(NC(=O)Nc4ccc5c(c4)OCO5)c3)C2)cc1OC1CCCC1.COc1ccc(C2CC(=O)N(c3cccc(NC(=S)Nc4ccccc4)c3)C2)cc1OC1CCCC1. The topological polar surface area (TPSA) is 241 Å². The average Bonchev–Trinajstić information content (AvgIpc) is 1.61. The van der Waals surface area contributed by atoms with E-state index in [-0.39, 0.29) is 66.6 Å². The summed E-state index contributed by atoms with van der Waals surface area (Å²) in [5, 5.41) is 18.3. The zero-order chi connectivity index (χ0) is 77.3. The van der Waals surface area contributed by atoms with Gasteiger partial charge in [0, 0.05) is 115 Å². The molecule has 4 aliphatic heterocycles. The van der Waals surface area contributed by atoms with Crippen LogP contribution in [0.1, 0.15) is 136 Å². The summed E-state index contributed by atoms with van der Waals surface area (Å²) in [6.45, 7) is 2.33. The first-order valence-electron chi connectivity index (χ1n) is 38.7. The second kappa shape index (κ2) is 36.7. The van der Waals surface area contributed by atoms with Crippen LogP contribution in [-0.2, 0) is 20.9 Å². The Morgan fingerprint density at radius 3 is 1.17 bits per heavy atom. The lowest BCUT2D eigenvalue weighted by atomic mass is 9.98. The number of hydrogen-bond acceptors (Lipinski definition) is 14. The molecule has 4 heterocycles. The number of anilines is 8. The van der Waals surface area contributed by atoms with Crippen molar-refractivity contribution in [2.24, 2.45) is 0 Å². The number of carbonyl (C=O) groups excluding carboxylic acids is 5. The Balaban J connectivity index is 0.000000140. The van der Waals surface area contributed by atoms with Gasteiger partial charge in [-0.05, 0) is 227 Å². The van der Waals surface area contributed by atoms with E-state index >= 15 is 0 Å². The number of para-hydroxylation sites is 1. The Morgan fingerprint density at radius 1 is 0.384 bits per heavy atom. The van der Waals surface area contributed by atoms with Gasteiger partial charge in [0.2, 0.25) is 24.5 Å². The molecule has 16 rings (SSSR count). The van der Waals surface area contributed by atoms with Crippen molar-refractivity contribution in [1.82, 2.24) is 5.32 Å². The van der Waals surface area contributed by atoms with Gasteiger partial charge in [-0.3, -0.25) is 14.4 Å². The molecule has 112 heavy (non-hydrogen) atoms. The van der Waals surface area contributed by atoms with E-state index in [2.05, 4.69) is 38.0 Å². The molecule has 22 nitrogen and oxygen atoms in total. The van der Waals surface area contributed by atoms with Crippen LogP contribution in [0, 0.1) is 0 Å². The van der Waals surface area contributed by atoms with Crippen molar-refractivity contribution >= 4 is 92.6 Å². The number of rotatable bonds is 22. The van der Waals surface area contributed by atoms with Crippen LogP contribution in [0.25, 0.3) is 0 Å². The lowest BCUT2D eigenvalue weighted by Crippen LogP contribution is -2.28. The highest BCUT2D eigenvalue weighted by atomic mass is 32.1. The molecule has 6 fully saturated rings. The third-order valence-corrected chi connectivity index (χ3v) is 21.5. The predicted molar refractivity (Wildman–Crippen MR) is 440 cm³/mol. The van der Waals surface area contributed by atoms with E-state index < -0.39 is 6.03 Å². The van der Waals surface area contributed by atoms with Crippen molar-refractivity contribution in [3.8, 4) is 46.0 Å². The molecule has 7 amide bonds. The normalized spacial score (nSPS) is 17.9. The number of amides is 7. The Morgan fingerprint density at radius 2 is 0.750 bits per heavy atom.